The molecular weight excluding hydrogens is 617 g/mol. The van der Waals surface area contributed by atoms with Crippen molar-refractivity contribution in [1.82, 2.24) is 19.9 Å². The van der Waals surface area contributed by atoms with Crippen molar-refractivity contribution in [3.8, 4) is 33.3 Å². The van der Waals surface area contributed by atoms with E-state index in [-0.39, 0.29) is 5.92 Å². The van der Waals surface area contributed by atoms with Crippen LogP contribution in [0.3, 0.4) is 0 Å². The zero-order chi connectivity index (χ0) is 30.9. The van der Waals surface area contributed by atoms with Gasteiger partial charge in [0.15, 0.2) is 11.6 Å². The summed E-state index contributed by atoms with van der Waals surface area (Å²) in [7, 11) is 0. The van der Waals surface area contributed by atoms with Gasteiger partial charge in [-0.1, -0.05) is 91.0 Å². The van der Waals surface area contributed by atoms with Crippen molar-refractivity contribution in [2.45, 2.75) is 12.3 Å². The Labute approximate surface area is 277 Å². The molecule has 5 aromatic carbocycles. The molecule has 0 N–H and O–H groups in total. The molecule has 1 atom stereocenters. The summed E-state index contributed by atoms with van der Waals surface area (Å²) in [4.78, 5) is 21.6. The first-order valence-corrected chi connectivity index (χ1v) is 17.2. The Morgan fingerprint density at radius 2 is 1.45 bits per heavy atom. The van der Waals surface area contributed by atoms with Crippen LogP contribution >= 0.6 is 22.7 Å². The maximum atomic E-state index is 6.42. The quantitative estimate of drug-likeness (QED) is 0.191. The molecule has 10 rings (SSSR count). The summed E-state index contributed by atoms with van der Waals surface area (Å²) in [6, 6.07) is 39.6. The van der Waals surface area contributed by atoms with Crippen LogP contribution in [0.25, 0.3) is 81.7 Å². The zero-order valence-corrected chi connectivity index (χ0v) is 26.6. The first-order valence-electron chi connectivity index (χ1n) is 15.6. The monoisotopic (exact) mass is 640 g/mol. The molecule has 1 aliphatic rings. The summed E-state index contributed by atoms with van der Waals surface area (Å²) in [6.45, 7) is 0. The highest BCUT2D eigenvalue weighted by atomic mass is 32.1. The lowest BCUT2D eigenvalue weighted by Crippen LogP contribution is -2.11. The van der Waals surface area contributed by atoms with Gasteiger partial charge in [-0.25, -0.2) is 19.9 Å². The standard InChI is InChI=1S/C40H24N4OS2/c1-2-10-23(11-3-1)37-42-38(28-15-8-13-26-25-12-4-6-18-32(25)45-35(26)28)44-39(43-37)29-16-9-14-27-30-22-24(20-21-33(30)46-36(27)29)40-41-31-17-5-7-19-34(31)47-40/h1-15,17-22,29H,16H2. The van der Waals surface area contributed by atoms with Gasteiger partial charge in [0, 0.05) is 36.9 Å². The molecule has 0 saturated carbocycles. The number of thiophene rings is 1. The normalized spacial score (nSPS) is 14.4. The number of thiazole rings is 1. The predicted molar refractivity (Wildman–Crippen MR) is 194 cm³/mol. The van der Waals surface area contributed by atoms with Crippen LogP contribution in [0.15, 0.2) is 126 Å². The topological polar surface area (TPSA) is 64.7 Å². The number of fused-ring (bicyclic) bond motifs is 7. The first-order chi connectivity index (χ1) is 23.3. The van der Waals surface area contributed by atoms with Crippen LogP contribution in [0.4, 0.5) is 0 Å². The Morgan fingerprint density at radius 3 is 2.38 bits per heavy atom. The van der Waals surface area contributed by atoms with Gasteiger partial charge in [-0.15, -0.1) is 22.7 Å². The maximum absolute atomic E-state index is 6.42. The summed E-state index contributed by atoms with van der Waals surface area (Å²) in [5.74, 6) is 2.05. The molecule has 0 aliphatic heterocycles. The molecular formula is C40H24N4OS2. The Hall–Kier alpha value is -5.50. The Bertz CT molecular complexity index is 2650. The second-order valence-electron chi connectivity index (χ2n) is 11.8. The zero-order valence-electron chi connectivity index (χ0n) is 24.9. The lowest BCUT2D eigenvalue weighted by Gasteiger charge is -2.19. The maximum Gasteiger partial charge on any atom is 0.167 e. The molecule has 0 fully saturated rings. The molecule has 0 bridgehead atoms. The number of furan rings is 1. The number of hydrogen-bond acceptors (Lipinski definition) is 7. The fourth-order valence-corrected chi connectivity index (χ4v) is 8.90. The highest BCUT2D eigenvalue weighted by Gasteiger charge is 2.28. The number of nitrogens with zero attached hydrogens (tertiary/aromatic N) is 4. The van der Waals surface area contributed by atoms with Crippen LogP contribution < -0.4 is 0 Å². The largest absolute Gasteiger partial charge is 0.455 e. The molecule has 0 saturated heterocycles. The highest BCUT2D eigenvalue weighted by Crippen LogP contribution is 2.45. The second-order valence-corrected chi connectivity index (χ2v) is 13.9. The average Bonchev–Trinajstić information content (AvgIpc) is 3.85. The fraction of sp³-hybridized carbons (Fsp3) is 0.0500. The van der Waals surface area contributed by atoms with E-state index >= 15 is 0 Å². The summed E-state index contributed by atoms with van der Waals surface area (Å²) >= 11 is 3.57. The number of rotatable bonds is 4. The smallest absolute Gasteiger partial charge is 0.167 e. The Morgan fingerprint density at radius 1 is 0.617 bits per heavy atom. The summed E-state index contributed by atoms with van der Waals surface area (Å²) < 4.78 is 8.87. The minimum atomic E-state index is -0.00242. The molecule has 9 aromatic rings. The summed E-state index contributed by atoms with van der Waals surface area (Å²) in [6.07, 6.45) is 5.34. The molecule has 5 nitrogen and oxygen atoms in total. The van der Waals surface area contributed by atoms with E-state index in [9.17, 15) is 0 Å². The first kappa shape index (κ1) is 26.7. The number of allylic oxidation sites excluding steroid dienone is 1. The van der Waals surface area contributed by atoms with E-state index < -0.39 is 0 Å². The van der Waals surface area contributed by atoms with Crippen LogP contribution in [0.5, 0.6) is 0 Å². The van der Waals surface area contributed by atoms with Gasteiger partial charge >= 0.3 is 0 Å². The highest BCUT2D eigenvalue weighted by molar-refractivity contribution is 7.21. The predicted octanol–water partition coefficient (Wildman–Crippen LogP) is 11.1. The molecule has 1 unspecified atom stereocenters. The lowest BCUT2D eigenvalue weighted by molar-refractivity contribution is 0.669. The van der Waals surface area contributed by atoms with E-state index in [4.69, 9.17) is 24.4 Å². The molecule has 1 aliphatic carbocycles. The van der Waals surface area contributed by atoms with Crippen LogP contribution in [-0.4, -0.2) is 19.9 Å². The third-order valence-corrected chi connectivity index (χ3v) is 11.3. The number of benzene rings is 5. The van der Waals surface area contributed by atoms with Crippen LogP contribution in [-0.2, 0) is 0 Å². The van der Waals surface area contributed by atoms with Crippen molar-refractivity contribution in [3.63, 3.8) is 0 Å². The van der Waals surface area contributed by atoms with E-state index in [1.54, 1.807) is 11.3 Å². The van der Waals surface area contributed by atoms with E-state index in [0.717, 1.165) is 61.4 Å². The minimum Gasteiger partial charge on any atom is -0.455 e. The van der Waals surface area contributed by atoms with Crippen molar-refractivity contribution < 1.29 is 4.42 Å². The minimum absolute atomic E-state index is 0.00242. The van der Waals surface area contributed by atoms with Crippen LogP contribution in [0.1, 0.15) is 28.6 Å². The third kappa shape index (κ3) is 4.35. The van der Waals surface area contributed by atoms with E-state index in [1.807, 2.05) is 59.9 Å². The summed E-state index contributed by atoms with van der Waals surface area (Å²) in [5, 5.41) is 4.42. The van der Waals surface area contributed by atoms with Crippen LogP contribution in [0, 0.1) is 0 Å². The molecule has 4 aromatic heterocycles. The number of aromatic nitrogens is 4. The Balaban J connectivity index is 1.14. The second kappa shape index (κ2) is 10.5. The van der Waals surface area contributed by atoms with Gasteiger partial charge < -0.3 is 4.42 Å². The fourth-order valence-electron chi connectivity index (χ4n) is 6.65. The molecule has 0 radical (unpaired) electrons. The van der Waals surface area contributed by atoms with Gasteiger partial charge in [-0.2, -0.15) is 0 Å². The van der Waals surface area contributed by atoms with Crippen molar-refractivity contribution in [3.05, 3.63) is 138 Å². The molecule has 4 heterocycles. The molecule has 222 valence electrons. The van der Waals surface area contributed by atoms with Crippen molar-refractivity contribution in [2.24, 2.45) is 0 Å². The molecule has 0 spiro atoms. The summed E-state index contributed by atoms with van der Waals surface area (Å²) in [5.41, 5.74) is 6.89. The van der Waals surface area contributed by atoms with Gasteiger partial charge in [0.1, 0.15) is 22.0 Å². The van der Waals surface area contributed by atoms with Gasteiger partial charge in [-0.05, 0) is 48.4 Å². The van der Waals surface area contributed by atoms with Gasteiger partial charge in [0.25, 0.3) is 0 Å². The van der Waals surface area contributed by atoms with E-state index in [2.05, 4.69) is 78.9 Å². The van der Waals surface area contributed by atoms with Crippen molar-refractivity contribution in [2.75, 3.05) is 0 Å². The van der Waals surface area contributed by atoms with Gasteiger partial charge in [0.05, 0.1) is 21.7 Å². The number of para-hydroxylation sites is 3. The molecule has 7 heteroatoms. The van der Waals surface area contributed by atoms with Crippen molar-refractivity contribution in [1.29, 1.82) is 0 Å². The molecule has 47 heavy (non-hydrogen) atoms. The third-order valence-electron chi connectivity index (χ3n) is 8.91. The SMILES string of the molecule is C1=Cc2c(sc3ccc(-c4nc5ccccc5s4)cc23)C(c2nc(-c3ccccc3)nc(-c3cccc4c3oc3ccccc34)n2)C1. The average molecular weight is 641 g/mol. The lowest BCUT2D eigenvalue weighted by atomic mass is 9.92. The molecule has 0 amide bonds. The Kier molecular flexibility index (Phi) is 5.97. The van der Waals surface area contributed by atoms with Gasteiger partial charge in [-0.3, -0.25) is 0 Å². The van der Waals surface area contributed by atoms with Crippen LogP contribution in [0.2, 0.25) is 0 Å². The van der Waals surface area contributed by atoms with Gasteiger partial charge in [0.2, 0.25) is 0 Å². The number of hydrogen-bond donors (Lipinski definition) is 0. The van der Waals surface area contributed by atoms with Crippen molar-refractivity contribution >= 4 is 71.0 Å². The van der Waals surface area contributed by atoms with E-state index in [1.165, 1.54) is 25.2 Å². The van der Waals surface area contributed by atoms with E-state index in [0.29, 0.717) is 11.6 Å².